The van der Waals surface area contributed by atoms with Crippen molar-refractivity contribution in [1.29, 1.82) is 0 Å². The number of likely N-dealkylation sites (tertiary alicyclic amines) is 1. The lowest BCUT2D eigenvalue weighted by Crippen LogP contribution is -2.54. The van der Waals surface area contributed by atoms with Crippen LogP contribution in [-0.4, -0.2) is 53.3 Å². The van der Waals surface area contributed by atoms with E-state index in [1.807, 2.05) is 54.6 Å². The van der Waals surface area contributed by atoms with E-state index in [2.05, 4.69) is 24.5 Å². The molecule has 36 heavy (non-hydrogen) atoms. The third-order valence-corrected chi connectivity index (χ3v) is 6.27. The van der Waals surface area contributed by atoms with Crippen molar-refractivity contribution in [3.63, 3.8) is 0 Å². The Kier molecular flexibility index (Phi) is 8.79. The largest absolute Gasteiger partial charge is 0.370 e. The SMILES string of the molecule is CC(=O)NC(CC(N)=O)C(=O)N1CC(F)CC1C(=O)NC(c1ccccc1)c1ccc(C(C)C)cc1. The molecule has 1 aliphatic heterocycles. The molecule has 0 aromatic heterocycles. The number of primary amides is 1. The van der Waals surface area contributed by atoms with Gasteiger partial charge in [-0.25, -0.2) is 4.39 Å². The molecule has 192 valence electrons. The average molecular weight is 497 g/mol. The topological polar surface area (TPSA) is 122 Å². The summed E-state index contributed by atoms with van der Waals surface area (Å²) in [5.74, 6) is -2.23. The van der Waals surface area contributed by atoms with Gasteiger partial charge in [-0.15, -0.1) is 0 Å². The minimum absolute atomic E-state index is 0.186. The van der Waals surface area contributed by atoms with E-state index in [1.54, 1.807) is 0 Å². The highest BCUT2D eigenvalue weighted by Gasteiger charge is 2.43. The molecule has 4 unspecified atom stereocenters. The average Bonchev–Trinajstić information content (AvgIpc) is 3.23. The predicted octanol–water partition coefficient (Wildman–Crippen LogP) is 2.33. The van der Waals surface area contributed by atoms with Crippen molar-refractivity contribution in [3.05, 3.63) is 71.3 Å². The fraction of sp³-hybridized carbons (Fsp3) is 0.407. The van der Waals surface area contributed by atoms with Gasteiger partial charge in [-0.1, -0.05) is 68.4 Å². The standard InChI is InChI=1S/C27H33FN4O4/c1-16(2)18-9-11-20(12-10-18)25(19-7-5-4-6-8-19)31-26(35)23-13-21(28)15-32(23)27(36)22(14-24(29)34)30-17(3)33/h4-12,16,21-23,25H,13-15H2,1-3H3,(H2,29,34)(H,30,33)(H,31,35). The first-order chi connectivity index (χ1) is 17.1. The Labute approximate surface area is 210 Å². The molecule has 2 aromatic carbocycles. The van der Waals surface area contributed by atoms with Gasteiger partial charge in [0.15, 0.2) is 0 Å². The third kappa shape index (κ3) is 6.68. The fourth-order valence-electron chi connectivity index (χ4n) is 4.44. The Balaban J connectivity index is 1.87. The molecule has 0 bridgehead atoms. The maximum atomic E-state index is 14.5. The van der Waals surface area contributed by atoms with Gasteiger partial charge in [-0.05, 0) is 22.6 Å². The minimum atomic E-state index is -1.42. The van der Waals surface area contributed by atoms with Gasteiger partial charge in [0.05, 0.1) is 19.0 Å². The summed E-state index contributed by atoms with van der Waals surface area (Å²) in [5, 5.41) is 5.37. The minimum Gasteiger partial charge on any atom is -0.370 e. The molecule has 1 aliphatic rings. The van der Waals surface area contributed by atoms with Gasteiger partial charge in [0.25, 0.3) is 0 Å². The number of benzene rings is 2. The summed E-state index contributed by atoms with van der Waals surface area (Å²) in [6, 6.07) is 14.4. The van der Waals surface area contributed by atoms with Crippen LogP contribution in [0.25, 0.3) is 0 Å². The molecule has 1 saturated heterocycles. The van der Waals surface area contributed by atoms with E-state index in [0.717, 1.165) is 21.6 Å². The molecular weight excluding hydrogens is 463 g/mol. The lowest BCUT2D eigenvalue weighted by atomic mass is 9.95. The predicted molar refractivity (Wildman–Crippen MR) is 133 cm³/mol. The first-order valence-corrected chi connectivity index (χ1v) is 12.0. The summed E-state index contributed by atoms with van der Waals surface area (Å²) in [6.07, 6.45) is -2.05. The van der Waals surface area contributed by atoms with Crippen LogP contribution in [0.3, 0.4) is 0 Å². The summed E-state index contributed by atoms with van der Waals surface area (Å²) >= 11 is 0. The number of carbonyl (C=O) groups is 4. The van der Waals surface area contributed by atoms with Crippen LogP contribution in [0.2, 0.25) is 0 Å². The molecule has 8 nitrogen and oxygen atoms in total. The van der Waals surface area contributed by atoms with Gasteiger partial charge in [0.2, 0.25) is 23.6 Å². The summed E-state index contributed by atoms with van der Waals surface area (Å²) in [5.41, 5.74) is 8.07. The zero-order valence-corrected chi connectivity index (χ0v) is 20.7. The van der Waals surface area contributed by atoms with E-state index in [0.29, 0.717) is 5.92 Å². The summed E-state index contributed by atoms with van der Waals surface area (Å²) < 4.78 is 14.5. The quantitative estimate of drug-likeness (QED) is 0.493. The number of hydrogen-bond donors (Lipinski definition) is 3. The summed E-state index contributed by atoms with van der Waals surface area (Å²) in [6.45, 7) is 5.07. The highest BCUT2D eigenvalue weighted by Crippen LogP contribution is 2.27. The van der Waals surface area contributed by atoms with Crippen LogP contribution < -0.4 is 16.4 Å². The zero-order valence-electron chi connectivity index (χ0n) is 20.7. The molecule has 4 amide bonds. The molecule has 0 radical (unpaired) electrons. The first kappa shape index (κ1) is 26.8. The normalized spacial score (nSPS) is 19.0. The van der Waals surface area contributed by atoms with Crippen molar-refractivity contribution in [2.45, 2.75) is 63.8 Å². The molecule has 1 heterocycles. The van der Waals surface area contributed by atoms with Crippen molar-refractivity contribution in [1.82, 2.24) is 15.5 Å². The Bertz CT molecular complexity index is 1070. The Morgan fingerprint density at radius 1 is 0.972 bits per heavy atom. The van der Waals surface area contributed by atoms with E-state index in [1.165, 1.54) is 6.92 Å². The van der Waals surface area contributed by atoms with Gasteiger partial charge >= 0.3 is 0 Å². The van der Waals surface area contributed by atoms with E-state index >= 15 is 0 Å². The van der Waals surface area contributed by atoms with Gasteiger partial charge in [0.1, 0.15) is 18.3 Å². The number of hydrogen-bond acceptors (Lipinski definition) is 4. The summed E-state index contributed by atoms with van der Waals surface area (Å²) in [7, 11) is 0. The van der Waals surface area contributed by atoms with E-state index in [4.69, 9.17) is 5.73 Å². The van der Waals surface area contributed by atoms with Crippen molar-refractivity contribution in [2.24, 2.45) is 5.73 Å². The van der Waals surface area contributed by atoms with Crippen LogP contribution in [0.4, 0.5) is 4.39 Å². The molecular formula is C27H33FN4O4. The Morgan fingerprint density at radius 2 is 1.56 bits per heavy atom. The van der Waals surface area contributed by atoms with Crippen molar-refractivity contribution >= 4 is 23.6 Å². The molecule has 3 rings (SSSR count). The number of halogens is 1. The first-order valence-electron chi connectivity index (χ1n) is 12.0. The Morgan fingerprint density at radius 3 is 2.11 bits per heavy atom. The van der Waals surface area contributed by atoms with E-state index in [9.17, 15) is 23.6 Å². The maximum Gasteiger partial charge on any atom is 0.246 e. The molecule has 2 aromatic rings. The monoisotopic (exact) mass is 496 g/mol. The highest BCUT2D eigenvalue weighted by atomic mass is 19.1. The number of amides is 4. The second-order valence-corrected chi connectivity index (χ2v) is 9.44. The van der Waals surface area contributed by atoms with Crippen molar-refractivity contribution < 1.29 is 23.6 Å². The number of nitrogens with zero attached hydrogens (tertiary/aromatic N) is 1. The molecule has 1 fully saturated rings. The highest BCUT2D eigenvalue weighted by molar-refractivity contribution is 5.95. The van der Waals surface area contributed by atoms with Crippen LogP contribution in [0.1, 0.15) is 62.3 Å². The van der Waals surface area contributed by atoms with Crippen LogP contribution >= 0.6 is 0 Å². The van der Waals surface area contributed by atoms with Crippen molar-refractivity contribution in [3.8, 4) is 0 Å². The zero-order chi connectivity index (χ0) is 26.4. The lowest BCUT2D eigenvalue weighted by Gasteiger charge is -2.29. The van der Waals surface area contributed by atoms with Crippen LogP contribution in [0.15, 0.2) is 54.6 Å². The second-order valence-electron chi connectivity index (χ2n) is 9.44. The molecule has 4 atom stereocenters. The number of nitrogens with one attached hydrogen (secondary N) is 2. The van der Waals surface area contributed by atoms with Crippen LogP contribution in [0, 0.1) is 0 Å². The fourth-order valence-corrected chi connectivity index (χ4v) is 4.44. The van der Waals surface area contributed by atoms with Crippen LogP contribution in [0.5, 0.6) is 0 Å². The molecule has 0 spiro atoms. The molecule has 9 heteroatoms. The smallest absolute Gasteiger partial charge is 0.246 e. The molecule has 4 N–H and O–H groups in total. The van der Waals surface area contributed by atoms with Gasteiger partial charge in [0, 0.05) is 13.3 Å². The molecule has 0 saturated carbocycles. The van der Waals surface area contributed by atoms with Crippen molar-refractivity contribution in [2.75, 3.05) is 6.54 Å². The van der Waals surface area contributed by atoms with Crippen LogP contribution in [-0.2, 0) is 19.2 Å². The Hall–Kier alpha value is -3.75. The van der Waals surface area contributed by atoms with E-state index < -0.39 is 54.3 Å². The number of nitrogens with two attached hydrogens (primary N) is 1. The summed E-state index contributed by atoms with van der Waals surface area (Å²) in [4.78, 5) is 50.7. The number of carbonyl (C=O) groups excluding carboxylic acids is 4. The number of alkyl halides is 1. The van der Waals surface area contributed by atoms with Gasteiger partial charge in [-0.2, -0.15) is 0 Å². The van der Waals surface area contributed by atoms with E-state index in [-0.39, 0.29) is 13.0 Å². The van der Waals surface area contributed by atoms with Gasteiger partial charge in [-0.3, -0.25) is 19.2 Å². The maximum absolute atomic E-state index is 14.5. The van der Waals surface area contributed by atoms with Gasteiger partial charge < -0.3 is 21.3 Å². The number of rotatable bonds is 9. The lowest BCUT2D eigenvalue weighted by molar-refractivity contribution is -0.142. The second kappa shape index (κ2) is 11.8. The third-order valence-electron chi connectivity index (χ3n) is 6.27. The molecule has 0 aliphatic carbocycles.